The first kappa shape index (κ1) is 15.5. The topological polar surface area (TPSA) is 84.9 Å². The van der Waals surface area contributed by atoms with Crippen molar-refractivity contribution in [1.29, 1.82) is 0 Å². The smallest absolute Gasteiger partial charge is 0.280 e. The lowest BCUT2D eigenvalue weighted by Gasteiger charge is -2.15. The number of ether oxygens (including phenoxy) is 2. The van der Waals surface area contributed by atoms with Gasteiger partial charge in [0.1, 0.15) is 0 Å². The van der Waals surface area contributed by atoms with E-state index in [2.05, 4.69) is 5.43 Å². The zero-order valence-corrected chi connectivity index (χ0v) is 12.8. The molecule has 122 valence electrons. The molecule has 0 spiro atoms. The highest BCUT2D eigenvalue weighted by Crippen LogP contribution is 2.25. The van der Waals surface area contributed by atoms with Gasteiger partial charge in [0.05, 0.1) is 18.2 Å². The van der Waals surface area contributed by atoms with Gasteiger partial charge in [-0.05, 0) is 24.3 Å². The van der Waals surface area contributed by atoms with Crippen LogP contribution in [0.15, 0.2) is 48.5 Å². The number of nitrogens with one attached hydrogen (secondary N) is 1. The molecule has 2 aromatic rings. The molecule has 1 aliphatic rings. The van der Waals surface area contributed by atoms with Crippen molar-refractivity contribution in [2.24, 2.45) is 0 Å². The third-order valence-corrected chi connectivity index (χ3v) is 3.46. The van der Waals surface area contributed by atoms with Gasteiger partial charge in [-0.25, -0.2) is 0 Å². The number of carbonyl (C=O) groups excluding carboxylic acids is 3. The number of hydrogen-bond donors (Lipinski definition) is 1. The van der Waals surface area contributed by atoms with Crippen LogP contribution in [0.4, 0.5) is 0 Å². The first-order valence-electron chi connectivity index (χ1n) is 7.15. The second-order valence-corrected chi connectivity index (χ2v) is 4.97. The van der Waals surface area contributed by atoms with Crippen LogP contribution >= 0.6 is 0 Å². The number of carbonyl (C=O) groups is 3. The minimum Gasteiger partial charge on any atom is -0.493 e. The van der Waals surface area contributed by atoms with Crippen molar-refractivity contribution in [3.63, 3.8) is 0 Å². The summed E-state index contributed by atoms with van der Waals surface area (Å²) in [6, 6.07) is 13.2. The number of methoxy groups -OCH3 is 1. The average Bonchev–Trinajstić information content (AvgIpc) is 2.85. The molecule has 3 rings (SSSR count). The van der Waals surface area contributed by atoms with E-state index in [4.69, 9.17) is 9.47 Å². The SMILES string of the molecule is COc1ccccc1OCC(=O)NN1C(=O)c2ccccc2C1=O. The van der Waals surface area contributed by atoms with Gasteiger partial charge < -0.3 is 9.47 Å². The number of benzene rings is 2. The second kappa shape index (κ2) is 6.41. The number of hydrazine groups is 1. The normalized spacial score (nSPS) is 12.8. The van der Waals surface area contributed by atoms with Crippen LogP contribution in [0.2, 0.25) is 0 Å². The van der Waals surface area contributed by atoms with Crippen molar-refractivity contribution in [1.82, 2.24) is 10.4 Å². The van der Waals surface area contributed by atoms with Crippen LogP contribution in [0.25, 0.3) is 0 Å². The maximum atomic E-state index is 12.1. The fourth-order valence-corrected chi connectivity index (χ4v) is 2.33. The van der Waals surface area contributed by atoms with E-state index >= 15 is 0 Å². The third kappa shape index (κ3) is 2.79. The van der Waals surface area contributed by atoms with Crippen LogP contribution in [0.3, 0.4) is 0 Å². The summed E-state index contributed by atoms with van der Waals surface area (Å²) in [7, 11) is 1.49. The number of hydrogen-bond acceptors (Lipinski definition) is 5. The number of rotatable bonds is 5. The summed E-state index contributed by atoms with van der Waals surface area (Å²) in [6.07, 6.45) is 0. The Bertz CT molecular complexity index is 783. The van der Waals surface area contributed by atoms with Crippen LogP contribution in [0, 0.1) is 0 Å². The van der Waals surface area contributed by atoms with Crippen LogP contribution in [-0.2, 0) is 4.79 Å². The van der Waals surface area contributed by atoms with Crippen molar-refractivity contribution in [3.8, 4) is 11.5 Å². The van der Waals surface area contributed by atoms with Gasteiger partial charge in [-0.15, -0.1) is 0 Å². The molecule has 3 amide bonds. The maximum absolute atomic E-state index is 12.1. The zero-order valence-electron chi connectivity index (χ0n) is 12.8. The van der Waals surface area contributed by atoms with Crippen molar-refractivity contribution in [2.75, 3.05) is 13.7 Å². The molecule has 2 aromatic carbocycles. The molecule has 0 radical (unpaired) electrons. The molecule has 0 saturated carbocycles. The van der Waals surface area contributed by atoms with E-state index in [0.29, 0.717) is 16.5 Å². The van der Waals surface area contributed by atoms with Crippen molar-refractivity contribution in [3.05, 3.63) is 59.7 Å². The summed E-state index contributed by atoms with van der Waals surface area (Å²) < 4.78 is 10.5. The summed E-state index contributed by atoms with van der Waals surface area (Å²) >= 11 is 0. The first-order chi connectivity index (χ1) is 11.6. The Morgan fingerprint density at radius 2 is 1.50 bits per heavy atom. The summed E-state index contributed by atoms with van der Waals surface area (Å²) in [5.74, 6) is -0.901. The maximum Gasteiger partial charge on any atom is 0.280 e. The molecular formula is C17H14N2O5. The minimum atomic E-state index is -0.629. The van der Waals surface area contributed by atoms with E-state index in [0.717, 1.165) is 0 Å². The van der Waals surface area contributed by atoms with Gasteiger partial charge in [-0.1, -0.05) is 24.3 Å². The highest BCUT2D eigenvalue weighted by molar-refractivity contribution is 6.21. The monoisotopic (exact) mass is 326 g/mol. The van der Waals surface area contributed by atoms with E-state index in [1.54, 1.807) is 36.4 Å². The lowest BCUT2D eigenvalue weighted by atomic mass is 10.1. The fraction of sp³-hybridized carbons (Fsp3) is 0.118. The molecule has 0 unspecified atom stereocenters. The fourth-order valence-electron chi connectivity index (χ4n) is 2.33. The quantitative estimate of drug-likeness (QED) is 0.840. The first-order valence-corrected chi connectivity index (χ1v) is 7.15. The molecule has 7 heteroatoms. The predicted molar refractivity (Wildman–Crippen MR) is 83.6 cm³/mol. The Labute approximate surface area is 137 Å². The lowest BCUT2D eigenvalue weighted by molar-refractivity contribution is -0.126. The van der Waals surface area contributed by atoms with Gasteiger partial charge in [-0.2, -0.15) is 5.01 Å². The largest absolute Gasteiger partial charge is 0.493 e. The van der Waals surface area contributed by atoms with E-state index in [1.807, 2.05) is 0 Å². The highest BCUT2D eigenvalue weighted by atomic mass is 16.5. The van der Waals surface area contributed by atoms with Crippen LogP contribution < -0.4 is 14.9 Å². The Morgan fingerprint density at radius 1 is 0.958 bits per heavy atom. The predicted octanol–water partition coefficient (Wildman–Crippen LogP) is 1.40. The van der Waals surface area contributed by atoms with Crippen LogP contribution in [0.1, 0.15) is 20.7 Å². The Kier molecular flexibility index (Phi) is 4.15. The van der Waals surface area contributed by atoms with E-state index in [-0.39, 0.29) is 17.7 Å². The highest BCUT2D eigenvalue weighted by Gasteiger charge is 2.36. The number of para-hydroxylation sites is 2. The van der Waals surface area contributed by atoms with E-state index in [1.165, 1.54) is 19.2 Å². The van der Waals surface area contributed by atoms with E-state index in [9.17, 15) is 14.4 Å². The van der Waals surface area contributed by atoms with Crippen molar-refractivity contribution < 1.29 is 23.9 Å². The Balaban J connectivity index is 1.64. The van der Waals surface area contributed by atoms with E-state index < -0.39 is 17.7 Å². The zero-order chi connectivity index (χ0) is 17.1. The van der Waals surface area contributed by atoms with Gasteiger partial charge in [0.15, 0.2) is 18.1 Å². The number of amides is 3. The molecule has 0 bridgehead atoms. The van der Waals surface area contributed by atoms with Gasteiger partial charge >= 0.3 is 0 Å². The summed E-state index contributed by atoms with van der Waals surface area (Å²) in [4.78, 5) is 36.3. The molecular weight excluding hydrogens is 312 g/mol. The minimum absolute atomic E-state index is 0.258. The standard InChI is InChI=1S/C17H14N2O5/c1-23-13-8-4-5-9-14(13)24-10-15(20)18-19-16(21)11-6-2-3-7-12(11)17(19)22/h2-9H,10H2,1H3,(H,18,20). The lowest BCUT2D eigenvalue weighted by Crippen LogP contribution is -2.47. The Hall–Kier alpha value is -3.35. The molecule has 24 heavy (non-hydrogen) atoms. The number of fused-ring (bicyclic) bond motifs is 1. The summed E-state index contributed by atoms with van der Waals surface area (Å²) in [6.45, 7) is -0.367. The molecule has 0 saturated heterocycles. The molecule has 7 nitrogen and oxygen atoms in total. The third-order valence-electron chi connectivity index (χ3n) is 3.46. The molecule has 1 aliphatic heterocycles. The second-order valence-electron chi connectivity index (χ2n) is 4.97. The molecule has 1 heterocycles. The summed E-state index contributed by atoms with van der Waals surface area (Å²) in [5.41, 5.74) is 2.78. The van der Waals surface area contributed by atoms with Crippen molar-refractivity contribution >= 4 is 17.7 Å². The van der Waals surface area contributed by atoms with Gasteiger partial charge in [0.25, 0.3) is 17.7 Å². The van der Waals surface area contributed by atoms with Gasteiger partial charge in [0, 0.05) is 0 Å². The number of imide groups is 1. The average molecular weight is 326 g/mol. The molecule has 1 N–H and O–H groups in total. The molecule has 0 aromatic heterocycles. The van der Waals surface area contributed by atoms with Crippen LogP contribution in [0.5, 0.6) is 11.5 Å². The molecule has 0 aliphatic carbocycles. The molecule has 0 atom stereocenters. The van der Waals surface area contributed by atoms with Crippen molar-refractivity contribution in [2.45, 2.75) is 0 Å². The Morgan fingerprint density at radius 3 is 2.08 bits per heavy atom. The van der Waals surface area contributed by atoms with Crippen LogP contribution in [-0.4, -0.2) is 36.4 Å². The van der Waals surface area contributed by atoms with Gasteiger partial charge in [0.2, 0.25) is 0 Å². The van der Waals surface area contributed by atoms with Gasteiger partial charge in [-0.3, -0.25) is 19.8 Å². The molecule has 0 fully saturated rings. The number of nitrogens with zero attached hydrogens (tertiary/aromatic N) is 1. The summed E-state index contributed by atoms with van der Waals surface area (Å²) in [5, 5.41) is 0.693.